The van der Waals surface area contributed by atoms with Crippen molar-refractivity contribution in [1.82, 2.24) is 4.90 Å². The highest BCUT2D eigenvalue weighted by Gasteiger charge is 2.40. The van der Waals surface area contributed by atoms with E-state index in [-0.39, 0.29) is 17.9 Å². The van der Waals surface area contributed by atoms with Crippen LogP contribution in [-0.2, 0) is 14.3 Å². The van der Waals surface area contributed by atoms with E-state index < -0.39 is 6.04 Å². The minimum Gasteiger partial charge on any atom is -0.496 e. The highest BCUT2D eigenvalue weighted by Crippen LogP contribution is 2.35. The van der Waals surface area contributed by atoms with Gasteiger partial charge in [0, 0.05) is 12.0 Å². The van der Waals surface area contributed by atoms with Gasteiger partial charge in [0.2, 0.25) is 5.91 Å². The van der Waals surface area contributed by atoms with Crippen LogP contribution in [0.15, 0.2) is 18.2 Å². The lowest BCUT2D eigenvalue weighted by Crippen LogP contribution is -2.41. The standard InChI is InChI=1S/C16H21NO4/c1-10-5-7-14(20-3)12(9-10)11(2)17-13(16(19)21-4)6-8-15(17)18/h5,7,9,11,13H,6,8H2,1-4H3. The van der Waals surface area contributed by atoms with Gasteiger partial charge in [0.25, 0.3) is 0 Å². The molecular weight excluding hydrogens is 270 g/mol. The van der Waals surface area contributed by atoms with Gasteiger partial charge < -0.3 is 14.4 Å². The number of hydrogen-bond donors (Lipinski definition) is 0. The number of likely N-dealkylation sites (tertiary alicyclic amines) is 1. The monoisotopic (exact) mass is 291 g/mol. The first kappa shape index (κ1) is 15.4. The normalized spacial score (nSPS) is 19.5. The van der Waals surface area contributed by atoms with Gasteiger partial charge >= 0.3 is 5.97 Å². The van der Waals surface area contributed by atoms with Crippen molar-refractivity contribution in [2.75, 3.05) is 14.2 Å². The van der Waals surface area contributed by atoms with Crippen molar-refractivity contribution in [1.29, 1.82) is 0 Å². The maximum absolute atomic E-state index is 12.2. The molecule has 1 amide bonds. The molecule has 0 spiro atoms. The summed E-state index contributed by atoms with van der Waals surface area (Å²) in [4.78, 5) is 25.7. The van der Waals surface area contributed by atoms with Crippen LogP contribution in [0.3, 0.4) is 0 Å². The van der Waals surface area contributed by atoms with Crippen molar-refractivity contribution in [2.24, 2.45) is 0 Å². The molecule has 1 fully saturated rings. The van der Waals surface area contributed by atoms with Crippen LogP contribution in [0.2, 0.25) is 0 Å². The number of nitrogens with zero attached hydrogens (tertiary/aromatic N) is 1. The van der Waals surface area contributed by atoms with Crippen molar-refractivity contribution < 1.29 is 19.1 Å². The number of aryl methyl sites for hydroxylation is 1. The van der Waals surface area contributed by atoms with E-state index in [0.29, 0.717) is 12.8 Å². The van der Waals surface area contributed by atoms with Gasteiger partial charge in [-0.2, -0.15) is 0 Å². The van der Waals surface area contributed by atoms with Crippen LogP contribution in [0.1, 0.15) is 36.9 Å². The lowest BCUT2D eigenvalue weighted by molar-refractivity contribution is -0.150. The second kappa shape index (κ2) is 6.16. The SMILES string of the molecule is COC(=O)C1CCC(=O)N1C(C)c1cc(C)ccc1OC. The summed E-state index contributed by atoms with van der Waals surface area (Å²) in [5.41, 5.74) is 1.99. The number of esters is 1. The zero-order valence-electron chi connectivity index (χ0n) is 12.9. The molecule has 1 aromatic rings. The molecule has 2 rings (SSSR count). The zero-order valence-corrected chi connectivity index (χ0v) is 12.9. The number of carbonyl (C=O) groups excluding carboxylic acids is 2. The minimum absolute atomic E-state index is 0.0264. The van der Waals surface area contributed by atoms with Crippen LogP contribution in [0.5, 0.6) is 5.75 Å². The van der Waals surface area contributed by atoms with E-state index in [1.807, 2.05) is 32.0 Å². The Hall–Kier alpha value is -2.04. The Balaban J connectivity index is 2.37. The molecule has 5 heteroatoms. The maximum atomic E-state index is 12.2. The van der Waals surface area contributed by atoms with E-state index in [9.17, 15) is 9.59 Å². The summed E-state index contributed by atoms with van der Waals surface area (Å²) in [7, 11) is 2.95. The summed E-state index contributed by atoms with van der Waals surface area (Å²) in [6, 6.07) is 5.08. The second-order valence-corrected chi connectivity index (χ2v) is 5.30. The Morgan fingerprint density at radius 3 is 2.71 bits per heavy atom. The maximum Gasteiger partial charge on any atom is 0.328 e. The van der Waals surface area contributed by atoms with Crippen molar-refractivity contribution in [3.8, 4) is 5.75 Å². The summed E-state index contributed by atoms with van der Waals surface area (Å²) < 4.78 is 10.2. The fourth-order valence-corrected chi connectivity index (χ4v) is 2.89. The molecule has 0 aliphatic carbocycles. The van der Waals surface area contributed by atoms with Crippen LogP contribution < -0.4 is 4.74 Å². The van der Waals surface area contributed by atoms with Crippen molar-refractivity contribution in [2.45, 2.75) is 38.8 Å². The van der Waals surface area contributed by atoms with Gasteiger partial charge in [-0.1, -0.05) is 17.7 Å². The number of carbonyl (C=O) groups is 2. The van der Waals surface area contributed by atoms with Crippen molar-refractivity contribution in [3.63, 3.8) is 0 Å². The molecule has 2 atom stereocenters. The molecule has 5 nitrogen and oxygen atoms in total. The van der Waals surface area contributed by atoms with E-state index in [4.69, 9.17) is 9.47 Å². The predicted molar refractivity (Wildman–Crippen MR) is 78.0 cm³/mol. The number of rotatable bonds is 4. The molecule has 1 aromatic carbocycles. The fourth-order valence-electron chi connectivity index (χ4n) is 2.89. The molecule has 0 N–H and O–H groups in total. The third kappa shape index (κ3) is 2.86. The highest BCUT2D eigenvalue weighted by molar-refractivity contribution is 5.88. The molecule has 21 heavy (non-hydrogen) atoms. The van der Waals surface area contributed by atoms with E-state index in [0.717, 1.165) is 16.9 Å². The Kier molecular flexibility index (Phi) is 4.50. The number of ether oxygens (including phenoxy) is 2. The molecule has 0 radical (unpaired) electrons. The Labute approximate surface area is 124 Å². The average Bonchev–Trinajstić information content (AvgIpc) is 2.87. The second-order valence-electron chi connectivity index (χ2n) is 5.30. The molecule has 1 aliphatic heterocycles. The Morgan fingerprint density at radius 2 is 2.10 bits per heavy atom. The molecule has 1 aliphatic rings. The van der Waals surface area contributed by atoms with E-state index in [1.165, 1.54) is 7.11 Å². The summed E-state index contributed by atoms with van der Waals surface area (Å²) in [5.74, 6) is 0.331. The third-order valence-electron chi connectivity index (χ3n) is 3.98. The summed E-state index contributed by atoms with van der Waals surface area (Å²) in [6.45, 7) is 3.90. The lowest BCUT2D eigenvalue weighted by atomic mass is 10.0. The first-order valence-corrected chi connectivity index (χ1v) is 7.03. The number of hydrogen-bond acceptors (Lipinski definition) is 4. The van der Waals surface area contributed by atoms with Gasteiger partial charge in [-0.05, 0) is 26.3 Å². The molecule has 0 saturated carbocycles. The van der Waals surface area contributed by atoms with Gasteiger partial charge in [0.05, 0.1) is 20.3 Å². The zero-order chi connectivity index (χ0) is 15.6. The number of methoxy groups -OCH3 is 2. The van der Waals surface area contributed by atoms with Crippen LogP contribution in [0, 0.1) is 6.92 Å². The van der Waals surface area contributed by atoms with Crippen LogP contribution in [0.25, 0.3) is 0 Å². The number of amides is 1. The molecule has 1 heterocycles. The fraction of sp³-hybridized carbons (Fsp3) is 0.500. The molecule has 0 bridgehead atoms. The van der Waals surface area contributed by atoms with Crippen molar-refractivity contribution in [3.05, 3.63) is 29.3 Å². The molecular formula is C16H21NO4. The molecule has 114 valence electrons. The highest BCUT2D eigenvalue weighted by atomic mass is 16.5. The quantitative estimate of drug-likeness (QED) is 0.798. The largest absolute Gasteiger partial charge is 0.496 e. The molecule has 0 aromatic heterocycles. The van der Waals surface area contributed by atoms with Crippen LogP contribution >= 0.6 is 0 Å². The molecule has 2 unspecified atom stereocenters. The van der Waals surface area contributed by atoms with Crippen molar-refractivity contribution >= 4 is 11.9 Å². The first-order valence-electron chi connectivity index (χ1n) is 7.03. The predicted octanol–water partition coefficient (Wildman–Crippen LogP) is 2.23. The summed E-state index contributed by atoms with van der Waals surface area (Å²) >= 11 is 0. The lowest BCUT2D eigenvalue weighted by Gasteiger charge is -2.30. The van der Waals surface area contributed by atoms with E-state index in [1.54, 1.807) is 12.0 Å². The smallest absolute Gasteiger partial charge is 0.328 e. The van der Waals surface area contributed by atoms with Gasteiger partial charge in [-0.25, -0.2) is 4.79 Å². The topological polar surface area (TPSA) is 55.8 Å². The van der Waals surface area contributed by atoms with Crippen LogP contribution in [-0.4, -0.2) is 37.0 Å². The first-order chi connectivity index (χ1) is 9.99. The summed E-state index contributed by atoms with van der Waals surface area (Å²) in [6.07, 6.45) is 0.877. The van der Waals surface area contributed by atoms with E-state index in [2.05, 4.69) is 0 Å². The molecule has 1 saturated heterocycles. The van der Waals surface area contributed by atoms with E-state index >= 15 is 0 Å². The van der Waals surface area contributed by atoms with Gasteiger partial charge in [0.15, 0.2) is 0 Å². The minimum atomic E-state index is -0.511. The average molecular weight is 291 g/mol. The van der Waals surface area contributed by atoms with Gasteiger partial charge in [-0.3, -0.25) is 4.79 Å². The van der Waals surface area contributed by atoms with Gasteiger partial charge in [-0.15, -0.1) is 0 Å². The third-order valence-corrected chi connectivity index (χ3v) is 3.98. The summed E-state index contributed by atoms with van der Waals surface area (Å²) in [5, 5.41) is 0. The van der Waals surface area contributed by atoms with Gasteiger partial charge in [0.1, 0.15) is 11.8 Å². The Morgan fingerprint density at radius 1 is 1.38 bits per heavy atom. The number of benzene rings is 1. The van der Waals surface area contributed by atoms with Crippen LogP contribution in [0.4, 0.5) is 0 Å². The Bertz CT molecular complexity index is 555.